The van der Waals surface area contributed by atoms with Crippen LogP contribution >= 0.6 is 15.6 Å². The van der Waals surface area contributed by atoms with Gasteiger partial charge in [-0.05, 0) is 0 Å². The Bertz CT molecular complexity index is 1000. The second kappa shape index (κ2) is 8.55. The molecule has 164 valence electrons. The quantitative estimate of drug-likeness (QED) is 0.200. The second-order valence-corrected chi connectivity index (χ2v) is 7.89. The van der Waals surface area contributed by atoms with E-state index in [1.807, 2.05) is 0 Å². The van der Waals surface area contributed by atoms with Gasteiger partial charge in [0.15, 0.2) is 17.4 Å². The number of nitrogens with zero attached hydrogens (tertiary/aromatic N) is 3. The van der Waals surface area contributed by atoms with Crippen LogP contribution < -0.4 is 11.3 Å². The van der Waals surface area contributed by atoms with Crippen molar-refractivity contribution in [2.75, 3.05) is 12.3 Å². The third-order valence-corrected chi connectivity index (χ3v) is 3.95. The van der Waals surface area contributed by atoms with Crippen LogP contribution in [0.1, 0.15) is 6.23 Å². The molecule has 0 saturated carbocycles. The zero-order valence-corrected chi connectivity index (χ0v) is 15.9. The highest BCUT2D eigenvalue weighted by molar-refractivity contribution is 7.46. The lowest BCUT2D eigenvalue weighted by Crippen LogP contribution is -2.33. The van der Waals surface area contributed by atoms with E-state index in [1.54, 1.807) is 0 Å². The summed E-state index contributed by atoms with van der Waals surface area (Å²) in [6.07, 6.45) is -4.22. The number of H-pyrrole nitrogens is 1. The summed E-state index contributed by atoms with van der Waals surface area (Å²) in [5.41, 5.74) is 4.84. The van der Waals surface area contributed by atoms with Crippen LogP contribution in [0.2, 0.25) is 0 Å². The van der Waals surface area contributed by atoms with Crippen molar-refractivity contribution in [1.82, 2.24) is 19.5 Å². The Morgan fingerprint density at radius 3 is 2.34 bits per heavy atom. The predicted octanol–water partition coefficient (Wildman–Crippen LogP) is -3.50. The molecule has 1 aliphatic heterocycles. The first-order chi connectivity index (χ1) is 13.2. The van der Waals surface area contributed by atoms with Crippen molar-refractivity contribution in [3.8, 4) is 0 Å². The van der Waals surface area contributed by atoms with Gasteiger partial charge in [-0.3, -0.25) is 18.9 Å². The van der Waals surface area contributed by atoms with Gasteiger partial charge in [-0.15, -0.1) is 0 Å². The minimum absolute atomic E-state index is 0.0176. The molecule has 2 aromatic heterocycles. The fraction of sp³-hybridized carbons (Fsp3) is 0.500. The van der Waals surface area contributed by atoms with Crippen LogP contribution in [0.15, 0.2) is 11.1 Å². The second-order valence-electron chi connectivity index (χ2n) is 5.62. The fourth-order valence-electron chi connectivity index (χ4n) is 2.40. The van der Waals surface area contributed by atoms with Gasteiger partial charge in [0, 0.05) is 0 Å². The molecule has 0 aromatic carbocycles. The largest absolute Gasteiger partial charge is 0.469 e. The Labute approximate surface area is 159 Å². The highest BCUT2D eigenvalue weighted by Gasteiger charge is 2.45. The summed E-state index contributed by atoms with van der Waals surface area (Å²) in [5, 5.41) is 20.1. The molecule has 2 aromatic rings. The zero-order valence-electron chi connectivity index (χ0n) is 14.1. The molecule has 17 nitrogen and oxygen atoms in total. The number of phosphoric acid groups is 2. The van der Waals surface area contributed by atoms with Crippen molar-refractivity contribution >= 4 is 32.8 Å². The molecule has 0 bridgehead atoms. The molecule has 10 N–H and O–H groups in total. The SMILES string of the molecule is Nc1nc2c(ncn2[C@@H]2O[C@H](COP(=O)(O)O)[C@@H](O)[C@H]2O)c(=O)[nH]1.O=P(O)(O)O. The van der Waals surface area contributed by atoms with E-state index in [4.69, 9.17) is 39.5 Å². The van der Waals surface area contributed by atoms with E-state index in [0.717, 1.165) is 0 Å². The summed E-state index contributed by atoms with van der Waals surface area (Å²) < 4.78 is 30.5. The van der Waals surface area contributed by atoms with Gasteiger partial charge in [0.2, 0.25) is 5.95 Å². The number of nitrogen functional groups attached to an aromatic ring is 1. The van der Waals surface area contributed by atoms with Crippen LogP contribution in [-0.2, 0) is 18.4 Å². The van der Waals surface area contributed by atoms with Gasteiger partial charge in [0.25, 0.3) is 5.56 Å². The number of nitrogens with two attached hydrogens (primary N) is 1. The molecule has 0 unspecified atom stereocenters. The van der Waals surface area contributed by atoms with Crippen molar-refractivity contribution in [1.29, 1.82) is 0 Å². The van der Waals surface area contributed by atoms with E-state index >= 15 is 0 Å². The molecule has 1 aliphatic rings. The van der Waals surface area contributed by atoms with Gasteiger partial charge in [0.05, 0.1) is 12.9 Å². The number of anilines is 1. The topological polar surface area (TPSA) is 284 Å². The van der Waals surface area contributed by atoms with E-state index in [-0.39, 0.29) is 17.1 Å². The van der Waals surface area contributed by atoms with Crippen LogP contribution in [-0.4, -0.2) is 79.1 Å². The molecule has 29 heavy (non-hydrogen) atoms. The number of aromatic amines is 1. The fourth-order valence-corrected chi connectivity index (χ4v) is 2.74. The number of aromatic nitrogens is 4. The number of hydrogen-bond acceptors (Lipinski definition) is 10. The molecule has 0 aliphatic carbocycles. The van der Waals surface area contributed by atoms with Gasteiger partial charge < -0.3 is 45.2 Å². The number of rotatable bonds is 4. The first-order valence-corrected chi connectivity index (χ1v) is 10.5. The first-order valence-electron chi connectivity index (χ1n) is 7.39. The number of imidazole rings is 1. The molecular formula is C10H17N5O12P2. The van der Waals surface area contributed by atoms with Crippen molar-refractivity contribution in [2.24, 2.45) is 0 Å². The summed E-state index contributed by atoms with van der Waals surface area (Å²) >= 11 is 0. The maximum Gasteiger partial charge on any atom is 0.469 e. The van der Waals surface area contributed by atoms with Gasteiger partial charge in [0.1, 0.15) is 18.3 Å². The minimum Gasteiger partial charge on any atom is -0.387 e. The van der Waals surface area contributed by atoms with E-state index in [1.165, 1.54) is 10.9 Å². The molecule has 4 atom stereocenters. The highest BCUT2D eigenvalue weighted by atomic mass is 31.2. The Morgan fingerprint density at radius 1 is 1.21 bits per heavy atom. The average molecular weight is 461 g/mol. The third-order valence-electron chi connectivity index (χ3n) is 3.47. The number of nitrogens with one attached hydrogen (secondary N) is 1. The Morgan fingerprint density at radius 2 is 1.79 bits per heavy atom. The standard InChI is InChI=1S/C10H14N5O8P.H3O4P/c11-10-13-7-4(8(18)14-10)12-2-15(7)9-6(17)5(16)3(23-9)1-22-24(19,20)21;1-5(2,3)4/h2-3,5-6,9,16-17H,1H2,(H2,19,20,21)(H3,11,13,14,18);(H3,1,2,3,4)/t3-,5-,6-,9-;/m1./s1. The molecule has 0 amide bonds. The molecular weight excluding hydrogens is 444 g/mol. The third kappa shape index (κ3) is 6.36. The Kier molecular flexibility index (Phi) is 6.93. The lowest BCUT2D eigenvalue weighted by molar-refractivity contribution is -0.0503. The maximum absolute atomic E-state index is 11.7. The predicted molar refractivity (Wildman–Crippen MR) is 90.7 cm³/mol. The zero-order chi connectivity index (χ0) is 22.1. The summed E-state index contributed by atoms with van der Waals surface area (Å²) in [7, 11) is -9.40. The van der Waals surface area contributed by atoms with E-state index in [2.05, 4.69) is 19.5 Å². The summed E-state index contributed by atoms with van der Waals surface area (Å²) in [5.74, 6) is -0.177. The van der Waals surface area contributed by atoms with Gasteiger partial charge >= 0.3 is 15.6 Å². The molecule has 1 saturated heterocycles. The molecule has 19 heteroatoms. The van der Waals surface area contributed by atoms with Crippen LogP contribution in [0.5, 0.6) is 0 Å². The Hall–Kier alpha value is -1.75. The molecule has 0 radical (unpaired) electrons. The number of ether oxygens (including phenoxy) is 1. The Balaban J connectivity index is 0.000000537. The molecule has 0 spiro atoms. The van der Waals surface area contributed by atoms with Crippen molar-refractivity contribution in [2.45, 2.75) is 24.5 Å². The summed E-state index contributed by atoms with van der Waals surface area (Å²) in [6.45, 7) is -0.651. The lowest BCUT2D eigenvalue weighted by atomic mass is 10.1. The molecule has 3 rings (SSSR count). The maximum atomic E-state index is 11.7. The van der Waals surface area contributed by atoms with E-state index < -0.39 is 52.4 Å². The number of phosphoric ester groups is 1. The average Bonchev–Trinajstić information content (AvgIpc) is 3.06. The number of aliphatic hydroxyl groups is 2. The number of aliphatic hydroxyl groups excluding tert-OH is 2. The first kappa shape index (κ1) is 23.5. The highest BCUT2D eigenvalue weighted by Crippen LogP contribution is 2.38. The summed E-state index contributed by atoms with van der Waals surface area (Å²) in [6, 6.07) is 0. The minimum atomic E-state index is -4.76. The van der Waals surface area contributed by atoms with Crippen molar-refractivity contribution in [3.63, 3.8) is 0 Å². The van der Waals surface area contributed by atoms with Crippen LogP contribution in [0.4, 0.5) is 5.95 Å². The van der Waals surface area contributed by atoms with Crippen LogP contribution in [0.3, 0.4) is 0 Å². The van der Waals surface area contributed by atoms with Crippen LogP contribution in [0, 0.1) is 0 Å². The van der Waals surface area contributed by atoms with E-state index in [9.17, 15) is 19.6 Å². The van der Waals surface area contributed by atoms with Crippen molar-refractivity contribution < 1.29 is 53.1 Å². The van der Waals surface area contributed by atoms with Crippen molar-refractivity contribution in [3.05, 3.63) is 16.7 Å². The van der Waals surface area contributed by atoms with E-state index in [0.29, 0.717) is 0 Å². The molecule has 3 heterocycles. The monoisotopic (exact) mass is 461 g/mol. The van der Waals surface area contributed by atoms with Gasteiger partial charge in [-0.1, -0.05) is 0 Å². The lowest BCUT2D eigenvalue weighted by Gasteiger charge is -2.16. The number of hydrogen-bond donors (Lipinski definition) is 9. The smallest absolute Gasteiger partial charge is 0.387 e. The van der Waals surface area contributed by atoms with Crippen LogP contribution in [0.25, 0.3) is 11.2 Å². The normalized spacial score (nSPS) is 25.1. The number of fused-ring (bicyclic) bond motifs is 1. The molecule has 1 fully saturated rings. The van der Waals surface area contributed by atoms with Gasteiger partial charge in [-0.2, -0.15) is 4.98 Å². The van der Waals surface area contributed by atoms with Gasteiger partial charge in [-0.25, -0.2) is 14.1 Å². The summed E-state index contributed by atoms with van der Waals surface area (Å²) in [4.78, 5) is 60.7.